The van der Waals surface area contributed by atoms with Crippen LogP contribution in [0.15, 0.2) is 62.9 Å². The van der Waals surface area contributed by atoms with E-state index < -0.39 is 0 Å². The molecule has 0 amide bonds. The molecule has 0 aliphatic rings. The van der Waals surface area contributed by atoms with Gasteiger partial charge in [0.15, 0.2) is 0 Å². The Balaban J connectivity index is 1.84. The van der Waals surface area contributed by atoms with E-state index in [0.717, 1.165) is 33.5 Å². The Bertz CT molecular complexity index is 1380. The highest BCUT2D eigenvalue weighted by molar-refractivity contribution is 9.10. The van der Waals surface area contributed by atoms with Crippen molar-refractivity contribution in [3.63, 3.8) is 0 Å². The summed E-state index contributed by atoms with van der Waals surface area (Å²) in [5.74, 6) is 0.957. The summed E-state index contributed by atoms with van der Waals surface area (Å²) < 4.78 is 4.35. The van der Waals surface area contributed by atoms with Gasteiger partial charge in [-0.05, 0) is 68.8 Å². The van der Waals surface area contributed by atoms with Gasteiger partial charge >= 0.3 is 0 Å². The van der Waals surface area contributed by atoms with Crippen molar-refractivity contribution < 1.29 is 5.11 Å². The molecule has 1 N–H and O–H groups in total. The van der Waals surface area contributed by atoms with Crippen molar-refractivity contribution in [3.05, 3.63) is 86.1 Å². The Kier molecular flexibility index (Phi) is 6.02. The van der Waals surface area contributed by atoms with Crippen LogP contribution in [0, 0.1) is 13.8 Å². The quantitative estimate of drug-likeness (QED) is 0.365. The normalized spacial score (nSPS) is 12.7. The number of phenols is 1. The van der Waals surface area contributed by atoms with Crippen molar-refractivity contribution in [2.24, 2.45) is 5.10 Å². The molecule has 0 radical (unpaired) electrons. The molecule has 0 aliphatic carbocycles. The monoisotopic (exact) mass is 492 g/mol. The molecular formula is C25H25BrN4O2. The van der Waals surface area contributed by atoms with Crippen LogP contribution in [0.2, 0.25) is 0 Å². The fourth-order valence-corrected chi connectivity index (χ4v) is 4.18. The van der Waals surface area contributed by atoms with Crippen LogP contribution in [0.3, 0.4) is 0 Å². The number of fused-ring (bicyclic) bond motifs is 1. The molecule has 6 nitrogen and oxygen atoms in total. The van der Waals surface area contributed by atoms with E-state index in [1.54, 1.807) is 24.4 Å². The van der Waals surface area contributed by atoms with Crippen LogP contribution in [0.5, 0.6) is 5.75 Å². The molecule has 164 valence electrons. The van der Waals surface area contributed by atoms with Crippen molar-refractivity contribution in [1.29, 1.82) is 0 Å². The van der Waals surface area contributed by atoms with Crippen LogP contribution in [0.25, 0.3) is 16.6 Å². The van der Waals surface area contributed by atoms with Crippen molar-refractivity contribution in [2.45, 2.75) is 40.0 Å². The lowest BCUT2D eigenvalue weighted by Gasteiger charge is -2.14. The molecule has 2 aromatic heterocycles. The van der Waals surface area contributed by atoms with Crippen molar-refractivity contribution in [2.75, 3.05) is 0 Å². The molecule has 0 spiro atoms. The topological polar surface area (TPSA) is 72.4 Å². The van der Waals surface area contributed by atoms with E-state index in [1.165, 1.54) is 4.68 Å². The number of aromatic hydroxyl groups is 1. The highest BCUT2D eigenvalue weighted by atomic mass is 79.9. The van der Waals surface area contributed by atoms with Crippen LogP contribution < -0.4 is 5.56 Å². The molecule has 0 saturated heterocycles. The van der Waals surface area contributed by atoms with Crippen LogP contribution in [0.1, 0.15) is 49.0 Å². The predicted octanol–water partition coefficient (Wildman–Crippen LogP) is 5.67. The molecule has 1 atom stereocenters. The fourth-order valence-electron chi connectivity index (χ4n) is 3.82. The van der Waals surface area contributed by atoms with E-state index in [0.29, 0.717) is 16.7 Å². The molecule has 0 fully saturated rings. The van der Waals surface area contributed by atoms with Gasteiger partial charge in [-0.25, -0.2) is 4.98 Å². The number of phenolic OH excluding ortho intramolecular Hbond substituents is 1. The Morgan fingerprint density at radius 1 is 1.16 bits per heavy atom. The van der Waals surface area contributed by atoms with Crippen molar-refractivity contribution in [1.82, 2.24) is 14.2 Å². The van der Waals surface area contributed by atoms with Crippen LogP contribution in [0.4, 0.5) is 0 Å². The maximum atomic E-state index is 13.3. The van der Waals surface area contributed by atoms with E-state index >= 15 is 0 Å². The highest BCUT2D eigenvalue weighted by Gasteiger charge is 2.16. The summed E-state index contributed by atoms with van der Waals surface area (Å²) in [5.41, 5.74) is 4.37. The summed E-state index contributed by atoms with van der Waals surface area (Å²) in [5, 5.41) is 14.7. The molecule has 0 saturated carbocycles. The second kappa shape index (κ2) is 8.74. The van der Waals surface area contributed by atoms with E-state index in [2.05, 4.69) is 39.4 Å². The van der Waals surface area contributed by atoms with Crippen LogP contribution in [-0.2, 0) is 0 Å². The first-order valence-corrected chi connectivity index (χ1v) is 11.3. The maximum absolute atomic E-state index is 13.3. The summed E-state index contributed by atoms with van der Waals surface area (Å²) in [6, 6.07) is 14.6. The molecule has 0 bridgehead atoms. The zero-order chi connectivity index (χ0) is 23.0. The standard InChI is InChI=1S/C25H25BrN4O2/c1-5-15(2)24-28-23-11-6-19(26)13-22(23)25(32)30(24)27-14-18-12-16(3)29(17(18)4)20-7-9-21(31)10-8-20/h6-15,31H,5H2,1-4H3/t15-/m0/s1. The first-order chi connectivity index (χ1) is 15.3. The minimum atomic E-state index is -0.185. The fraction of sp³-hybridized carbons (Fsp3) is 0.240. The van der Waals surface area contributed by atoms with E-state index in [1.807, 2.05) is 44.2 Å². The molecule has 7 heteroatoms. The molecule has 0 unspecified atom stereocenters. The van der Waals surface area contributed by atoms with Gasteiger partial charge in [0, 0.05) is 33.0 Å². The van der Waals surface area contributed by atoms with Gasteiger partial charge < -0.3 is 9.67 Å². The Morgan fingerprint density at radius 2 is 1.88 bits per heavy atom. The number of rotatable bonds is 5. The van der Waals surface area contributed by atoms with Crippen LogP contribution >= 0.6 is 15.9 Å². The van der Waals surface area contributed by atoms with Gasteiger partial charge in [-0.15, -0.1) is 0 Å². The lowest BCUT2D eigenvalue weighted by Crippen LogP contribution is -2.23. The molecule has 4 rings (SSSR count). The first kappa shape index (κ1) is 22.0. The SMILES string of the molecule is CC[C@H](C)c1nc2ccc(Br)cc2c(=O)n1N=Cc1cc(C)n(-c2ccc(O)cc2)c1C. The summed E-state index contributed by atoms with van der Waals surface area (Å²) in [7, 11) is 0. The lowest BCUT2D eigenvalue weighted by molar-refractivity contribution is 0.475. The number of hydrogen-bond acceptors (Lipinski definition) is 4. The Labute approximate surface area is 195 Å². The number of halogens is 1. The minimum Gasteiger partial charge on any atom is -0.508 e. The highest BCUT2D eigenvalue weighted by Crippen LogP contribution is 2.23. The third-order valence-corrected chi connectivity index (χ3v) is 6.27. The average molecular weight is 493 g/mol. The number of aryl methyl sites for hydroxylation is 1. The predicted molar refractivity (Wildman–Crippen MR) is 132 cm³/mol. The van der Waals surface area contributed by atoms with E-state index in [9.17, 15) is 9.90 Å². The maximum Gasteiger partial charge on any atom is 0.282 e. The van der Waals surface area contributed by atoms with Gasteiger partial charge in [0.25, 0.3) is 5.56 Å². The zero-order valence-electron chi connectivity index (χ0n) is 18.5. The Hall–Kier alpha value is -3.19. The summed E-state index contributed by atoms with van der Waals surface area (Å²) in [6.07, 6.45) is 2.57. The molecule has 2 aromatic carbocycles. The number of aromatic nitrogens is 3. The molecule has 32 heavy (non-hydrogen) atoms. The van der Waals surface area contributed by atoms with Gasteiger partial charge in [0.05, 0.1) is 17.1 Å². The first-order valence-electron chi connectivity index (χ1n) is 10.5. The van der Waals surface area contributed by atoms with Crippen LogP contribution in [-0.4, -0.2) is 25.5 Å². The van der Waals surface area contributed by atoms with Gasteiger partial charge in [-0.3, -0.25) is 4.79 Å². The third kappa shape index (κ3) is 4.00. The van der Waals surface area contributed by atoms with Gasteiger partial charge in [0.2, 0.25) is 0 Å². The second-order valence-corrected chi connectivity index (χ2v) is 8.90. The molecule has 4 aromatic rings. The number of benzene rings is 2. The average Bonchev–Trinajstić information content (AvgIpc) is 3.06. The van der Waals surface area contributed by atoms with E-state index in [-0.39, 0.29) is 17.2 Å². The minimum absolute atomic E-state index is 0.0809. The largest absolute Gasteiger partial charge is 0.508 e. The summed E-state index contributed by atoms with van der Waals surface area (Å²) in [6.45, 7) is 8.15. The number of nitrogens with zero attached hydrogens (tertiary/aromatic N) is 4. The van der Waals surface area contributed by atoms with Gasteiger partial charge in [-0.1, -0.05) is 29.8 Å². The lowest BCUT2D eigenvalue weighted by atomic mass is 10.1. The molecular weight excluding hydrogens is 468 g/mol. The molecule has 0 aliphatic heterocycles. The molecule has 2 heterocycles. The third-order valence-electron chi connectivity index (χ3n) is 5.78. The van der Waals surface area contributed by atoms with Gasteiger partial charge in [0.1, 0.15) is 11.6 Å². The summed E-state index contributed by atoms with van der Waals surface area (Å²) in [4.78, 5) is 18.1. The smallest absolute Gasteiger partial charge is 0.282 e. The zero-order valence-corrected chi connectivity index (χ0v) is 20.1. The van der Waals surface area contributed by atoms with E-state index in [4.69, 9.17) is 4.98 Å². The van der Waals surface area contributed by atoms with Crippen molar-refractivity contribution in [3.8, 4) is 11.4 Å². The van der Waals surface area contributed by atoms with Crippen molar-refractivity contribution >= 4 is 33.0 Å². The summed E-state index contributed by atoms with van der Waals surface area (Å²) >= 11 is 3.44. The van der Waals surface area contributed by atoms with Gasteiger partial charge in [-0.2, -0.15) is 9.78 Å². The number of hydrogen-bond donors (Lipinski definition) is 1. The second-order valence-electron chi connectivity index (χ2n) is 7.98. The Morgan fingerprint density at radius 3 is 2.56 bits per heavy atom.